The molecule has 0 radical (unpaired) electrons. The maximum atomic E-state index is 4.32. The summed E-state index contributed by atoms with van der Waals surface area (Å²) in [4.78, 5) is 12.0. The van der Waals surface area contributed by atoms with Crippen LogP contribution < -0.4 is 10.6 Å². The molecule has 0 saturated carbocycles. The second-order valence-corrected chi connectivity index (χ2v) is 7.90. The van der Waals surface area contributed by atoms with Gasteiger partial charge in [-0.05, 0) is 32.0 Å². The lowest BCUT2D eigenvalue weighted by atomic mass is 10.1. The molecular weight excluding hydrogens is 433 g/mol. The Kier molecular flexibility index (Phi) is 10.2. The third kappa shape index (κ3) is 7.67. The Morgan fingerprint density at radius 2 is 1.96 bits per heavy atom. The number of guanidine groups is 1. The molecule has 1 aromatic rings. The summed E-state index contributed by atoms with van der Waals surface area (Å²) in [5.74, 6) is 1.50. The van der Waals surface area contributed by atoms with Crippen molar-refractivity contribution in [2.75, 3.05) is 53.4 Å². The third-order valence-electron chi connectivity index (χ3n) is 4.23. The van der Waals surface area contributed by atoms with Gasteiger partial charge in [-0.15, -0.1) is 35.3 Å². The van der Waals surface area contributed by atoms with Crippen molar-refractivity contribution in [3.63, 3.8) is 0 Å². The zero-order chi connectivity index (χ0) is 16.7. The molecule has 0 bridgehead atoms. The summed E-state index contributed by atoms with van der Waals surface area (Å²) in [6, 6.07) is 4.34. The normalized spacial score (nSPS) is 18.1. The average molecular weight is 465 g/mol. The van der Waals surface area contributed by atoms with Gasteiger partial charge in [0.15, 0.2) is 5.96 Å². The third-order valence-corrected chi connectivity index (χ3v) is 5.23. The summed E-state index contributed by atoms with van der Waals surface area (Å²) in [5, 5.41) is 6.84. The average Bonchev–Trinajstić information content (AvgIpc) is 2.95. The summed E-state index contributed by atoms with van der Waals surface area (Å²) < 4.78 is 0. The second-order valence-electron chi connectivity index (χ2n) is 6.53. The fourth-order valence-electron chi connectivity index (χ4n) is 2.78. The largest absolute Gasteiger partial charge is 0.356 e. The van der Waals surface area contributed by atoms with Crippen LogP contribution in [0.5, 0.6) is 0 Å². The Labute approximate surface area is 167 Å². The van der Waals surface area contributed by atoms with Crippen LogP contribution in [0.1, 0.15) is 16.7 Å². The van der Waals surface area contributed by atoms with E-state index in [1.165, 1.54) is 35.9 Å². The van der Waals surface area contributed by atoms with Gasteiger partial charge >= 0.3 is 0 Å². The fourth-order valence-corrected chi connectivity index (χ4v) is 3.61. The molecule has 2 rings (SSSR count). The molecule has 7 heteroatoms. The molecule has 24 heavy (non-hydrogen) atoms. The molecular formula is C17H32IN5S. The Balaban J connectivity index is 0.00000288. The number of hydrogen-bond donors (Lipinski definition) is 2. The van der Waals surface area contributed by atoms with Gasteiger partial charge in [-0.2, -0.15) is 0 Å². The number of rotatable bonds is 6. The molecule has 5 nitrogen and oxygen atoms in total. The van der Waals surface area contributed by atoms with E-state index < -0.39 is 0 Å². The molecule has 1 aliphatic rings. The highest BCUT2D eigenvalue weighted by Crippen LogP contribution is 2.14. The number of nitrogens with zero attached hydrogens (tertiary/aromatic N) is 3. The van der Waals surface area contributed by atoms with Gasteiger partial charge in [0.1, 0.15) is 0 Å². The molecule has 2 N–H and O–H groups in total. The monoisotopic (exact) mass is 465 g/mol. The highest BCUT2D eigenvalue weighted by atomic mass is 127. The first kappa shape index (κ1) is 21.7. The van der Waals surface area contributed by atoms with Crippen molar-refractivity contribution >= 4 is 41.3 Å². The van der Waals surface area contributed by atoms with Gasteiger partial charge in [0.05, 0.1) is 6.54 Å². The summed E-state index contributed by atoms with van der Waals surface area (Å²) in [6.07, 6.45) is 0. The Morgan fingerprint density at radius 1 is 1.25 bits per heavy atom. The number of piperazine rings is 1. The maximum Gasteiger partial charge on any atom is 0.191 e. The van der Waals surface area contributed by atoms with E-state index in [4.69, 9.17) is 0 Å². The summed E-state index contributed by atoms with van der Waals surface area (Å²) in [5.41, 5.74) is 0. The minimum absolute atomic E-state index is 0. The highest BCUT2D eigenvalue weighted by Gasteiger charge is 2.16. The molecule has 1 fully saturated rings. The molecule has 0 aliphatic carbocycles. The first-order chi connectivity index (χ1) is 11.1. The van der Waals surface area contributed by atoms with Crippen molar-refractivity contribution in [1.82, 2.24) is 20.4 Å². The zero-order valence-corrected chi connectivity index (χ0v) is 18.5. The molecule has 1 aliphatic heterocycles. The van der Waals surface area contributed by atoms with Gasteiger partial charge < -0.3 is 20.4 Å². The topological polar surface area (TPSA) is 42.9 Å². The maximum absolute atomic E-state index is 4.32. The van der Waals surface area contributed by atoms with Gasteiger partial charge in [-0.3, -0.25) is 4.99 Å². The van der Waals surface area contributed by atoms with Gasteiger partial charge in [0, 0.05) is 56.1 Å². The lowest BCUT2D eigenvalue weighted by Crippen LogP contribution is -2.47. The number of nitrogens with one attached hydrogen (secondary N) is 2. The number of likely N-dealkylation sites (N-methyl/N-ethyl adjacent to an activating group) is 1. The molecule has 1 saturated heterocycles. The smallest absolute Gasteiger partial charge is 0.191 e. The second kappa shape index (κ2) is 11.3. The fraction of sp³-hybridized carbons (Fsp3) is 0.706. The number of halogens is 1. The molecule has 2 heterocycles. The molecule has 1 unspecified atom stereocenters. The van der Waals surface area contributed by atoms with E-state index in [2.05, 4.69) is 58.5 Å². The van der Waals surface area contributed by atoms with Crippen LogP contribution >= 0.6 is 35.3 Å². The van der Waals surface area contributed by atoms with Crippen molar-refractivity contribution in [3.8, 4) is 0 Å². The van der Waals surface area contributed by atoms with E-state index >= 15 is 0 Å². The first-order valence-electron chi connectivity index (χ1n) is 8.47. The minimum atomic E-state index is 0. The van der Waals surface area contributed by atoms with Crippen molar-refractivity contribution in [2.45, 2.75) is 20.4 Å². The van der Waals surface area contributed by atoms with E-state index in [0.717, 1.165) is 25.6 Å². The molecule has 0 aromatic carbocycles. The molecule has 0 amide bonds. The lowest BCUT2D eigenvalue weighted by molar-refractivity contribution is 0.139. The Hall–Kier alpha value is -0.380. The zero-order valence-electron chi connectivity index (χ0n) is 15.3. The van der Waals surface area contributed by atoms with Crippen molar-refractivity contribution in [2.24, 2.45) is 10.9 Å². The van der Waals surface area contributed by atoms with Crippen molar-refractivity contribution in [3.05, 3.63) is 21.9 Å². The lowest BCUT2D eigenvalue weighted by Gasteiger charge is -2.34. The predicted octanol–water partition coefficient (Wildman–Crippen LogP) is 2.22. The number of hydrogen-bond acceptors (Lipinski definition) is 4. The summed E-state index contributed by atoms with van der Waals surface area (Å²) >= 11 is 1.83. The summed E-state index contributed by atoms with van der Waals surface area (Å²) in [7, 11) is 4.03. The van der Waals surface area contributed by atoms with Crippen LogP contribution in [0.15, 0.2) is 17.1 Å². The van der Waals surface area contributed by atoms with Crippen molar-refractivity contribution < 1.29 is 0 Å². The Morgan fingerprint density at radius 3 is 2.54 bits per heavy atom. The van der Waals surface area contributed by atoms with Crippen LogP contribution in [-0.2, 0) is 6.54 Å². The highest BCUT2D eigenvalue weighted by molar-refractivity contribution is 14.0. The Bertz CT molecular complexity index is 497. The quantitative estimate of drug-likeness (QED) is 0.384. The molecule has 0 spiro atoms. The van der Waals surface area contributed by atoms with Gasteiger partial charge in [0.25, 0.3) is 0 Å². The van der Waals surface area contributed by atoms with Crippen LogP contribution in [0, 0.1) is 12.8 Å². The van der Waals surface area contributed by atoms with Crippen LogP contribution in [0.2, 0.25) is 0 Å². The molecule has 138 valence electrons. The van der Waals surface area contributed by atoms with Gasteiger partial charge in [-0.25, -0.2) is 0 Å². The van der Waals surface area contributed by atoms with Crippen LogP contribution in [0.25, 0.3) is 0 Å². The predicted molar refractivity (Wildman–Crippen MR) is 116 cm³/mol. The number of aliphatic imine (C=N–C) groups is 1. The van der Waals surface area contributed by atoms with Crippen LogP contribution in [0.3, 0.4) is 0 Å². The van der Waals surface area contributed by atoms with E-state index in [1.807, 2.05) is 18.4 Å². The van der Waals surface area contributed by atoms with Crippen molar-refractivity contribution in [1.29, 1.82) is 0 Å². The van der Waals surface area contributed by atoms with E-state index in [-0.39, 0.29) is 24.0 Å². The van der Waals surface area contributed by atoms with Crippen LogP contribution in [-0.4, -0.2) is 69.1 Å². The SMILES string of the molecule is CN=C(NCc1ccc(C)s1)NCC(C)CN1CCN(C)CC1.I. The number of thiophene rings is 1. The first-order valence-corrected chi connectivity index (χ1v) is 9.29. The standard InChI is InChI=1S/C17H31N5S.HI/c1-14(13-22-9-7-21(4)8-10-22)11-19-17(18-3)20-12-16-6-5-15(2)23-16;/h5-6,14H,7-13H2,1-4H3,(H2,18,19,20);1H. The number of aryl methyl sites for hydroxylation is 1. The molecule has 1 aromatic heterocycles. The van der Waals surface area contributed by atoms with E-state index in [0.29, 0.717) is 5.92 Å². The minimum Gasteiger partial charge on any atom is -0.356 e. The van der Waals surface area contributed by atoms with Gasteiger partial charge in [-0.1, -0.05) is 6.92 Å². The van der Waals surface area contributed by atoms with E-state index in [1.54, 1.807) is 0 Å². The van der Waals surface area contributed by atoms with Gasteiger partial charge in [0.2, 0.25) is 0 Å². The summed E-state index contributed by atoms with van der Waals surface area (Å²) in [6.45, 7) is 12.1. The molecule has 1 atom stereocenters. The van der Waals surface area contributed by atoms with Crippen LogP contribution in [0.4, 0.5) is 0 Å². The van der Waals surface area contributed by atoms with E-state index in [9.17, 15) is 0 Å².